The summed E-state index contributed by atoms with van der Waals surface area (Å²) in [6.07, 6.45) is -2.79. The van der Waals surface area contributed by atoms with Crippen LogP contribution in [0.25, 0.3) is 0 Å². The SMILES string of the molecule is CN(CC(F)F)S(=O)(=O)c1cc(Cl)cc(CN)c1Cl. The summed E-state index contributed by atoms with van der Waals surface area (Å²) in [4.78, 5) is -0.328. The zero-order valence-corrected chi connectivity index (χ0v) is 12.2. The van der Waals surface area contributed by atoms with Crippen LogP contribution in [0.2, 0.25) is 10.0 Å². The molecule has 9 heteroatoms. The van der Waals surface area contributed by atoms with Gasteiger partial charge in [-0.05, 0) is 17.7 Å². The molecule has 2 N–H and O–H groups in total. The quantitative estimate of drug-likeness (QED) is 0.900. The van der Waals surface area contributed by atoms with Gasteiger partial charge in [-0.1, -0.05) is 23.2 Å². The van der Waals surface area contributed by atoms with Crippen LogP contribution in [0.3, 0.4) is 0 Å². The van der Waals surface area contributed by atoms with Crippen molar-refractivity contribution >= 4 is 33.2 Å². The molecular formula is C10H12Cl2F2N2O2S. The van der Waals surface area contributed by atoms with Gasteiger partial charge >= 0.3 is 0 Å². The monoisotopic (exact) mass is 332 g/mol. The van der Waals surface area contributed by atoms with Gasteiger partial charge in [-0.2, -0.15) is 4.31 Å². The average Bonchev–Trinajstić information content (AvgIpc) is 2.30. The molecule has 0 aromatic heterocycles. The maximum atomic E-state index is 12.3. The molecule has 0 aliphatic rings. The Labute approximate surface area is 120 Å². The molecule has 0 bridgehead atoms. The van der Waals surface area contributed by atoms with Gasteiger partial charge in [-0.15, -0.1) is 0 Å². The molecule has 0 radical (unpaired) electrons. The van der Waals surface area contributed by atoms with E-state index in [1.165, 1.54) is 6.07 Å². The molecule has 108 valence electrons. The summed E-state index contributed by atoms with van der Waals surface area (Å²) in [6, 6.07) is 2.54. The van der Waals surface area contributed by atoms with E-state index in [4.69, 9.17) is 28.9 Å². The van der Waals surface area contributed by atoms with Crippen molar-refractivity contribution in [3.8, 4) is 0 Å². The molecule has 4 nitrogen and oxygen atoms in total. The lowest BCUT2D eigenvalue weighted by Crippen LogP contribution is -2.31. The van der Waals surface area contributed by atoms with E-state index in [1.54, 1.807) is 0 Å². The highest BCUT2D eigenvalue weighted by atomic mass is 35.5. The first-order valence-electron chi connectivity index (χ1n) is 5.12. The zero-order chi connectivity index (χ0) is 14.8. The Morgan fingerprint density at radius 2 is 1.95 bits per heavy atom. The lowest BCUT2D eigenvalue weighted by molar-refractivity contribution is 0.126. The molecule has 0 aliphatic carbocycles. The summed E-state index contributed by atoms with van der Waals surface area (Å²) < 4.78 is 49.3. The van der Waals surface area contributed by atoms with E-state index in [0.29, 0.717) is 9.87 Å². The highest BCUT2D eigenvalue weighted by Crippen LogP contribution is 2.31. The van der Waals surface area contributed by atoms with Gasteiger partial charge in [0.1, 0.15) is 4.90 Å². The van der Waals surface area contributed by atoms with Gasteiger partial charge in [-0.25, -0.2) is 17.2 Å². The van der Waals surface area contributed by atoms with Crippen molar-refractivity contribution in [3.05, 3.63) is 27.7 Å². The maximum Gasteiger partial charge on any atom is 0.252 e. The Morgan fingerprint density at radius 1 is 1.37 bits per heavy atom. The van der Waals surface area contributed by atoms with Crippen LogP contribution in [0.15, 0.2) is 17.0 Å². The average molecular weight is 333 g/mol. The molecule has 0 aliphatic heterocycles. The van der Waals surface area contributed by atoms with Crippen LogP contribution >= 0.6 is 23.2 Å². The summed E-state index contributed by atoms with van der Waals surface area (Å²) in [5, 5.41) is 0.0156. The first-order valence-corrected chi connectivity index (χ1v) is 7.32. The molecule has 0 unspecified atom stereocenters. The van der Waals surface area contributed by atoms with Crippen LogP contribution < -0.4 is 5.73 Å². The van der Waals surface area contributed by atoms with Gasteiger partial charge in [0.15, 0.2) is 0 Å². The van der Waals surface area contributed by atoms with Crippen LogP contribution in [-0.4, -0.2) is 32.7 Å². The third kappa shape index (κ3) is 3.76. The van der Waals surface area contributed by atoms with Gasteiger partial charge in [0.2, 0.25) is 10.0 Å². The first-order chi connectivity index (χ1) is 8.70. The van der Waals surface area contributed by atoms with Crippen molar-refractivity contribution in [2.24, 2.45) is 5.73 Å². The highest BCUT2D eigenvalue weighted by molar-refractivity contribution is 7.89. The second kappa shape index (κ2) is 6.32. The fourth-order valence-corrected chi connectivity index (χ4v) is 3.48. The number of nitrogens with zero attached hydrogens (tertiary/aromatic N) is 1. The van der Waals surface area contributed by atoms with Gasteiger partial charge < -0.3 is 5.73 Å². The van der Waals surface area contributed by atoms with E-state index in [9.17, 15) is 17.2 Å². The van der Waals surface area contributed by atoms with Crippen molar-refractivity contribution < 1.29 is 17.2 Å². The van der Waals surface area contributed by atoms with E-state index >= 15 is 0 Å². The Bertz CT molecular complexity index is 567. The largest absolute Gasteiger partial charge is 0.326 e. The number of hydrogen-bond acceptors (Lipinski definition) is 3. The Morgan fingerprint density at radius 3 is 2.42 bits per heavy atom. The molecule has 0 fully saturated rings. The minimum Gasteiger partial charge on any atom is -0.326 e. The summed E-state index contributed by atoms with van der Waals surface area (Å²) in [7, 11) is -3.10. The molecule has 0 heterocycles. The number of hydrogen-bond donors (Lipinski definition) is 1. The van der Waals surface area contributed by atoms with Gasteiger partial charge in [0, 0.05) is 18.6 Å². The van der Waals surface area contributed by atoms with E-state index < -0.39 is 23.0 Å². The summed E-state index contributed by atoms with van der Waals surface area (Å²) in [5.74, 6) is 0. The van der Waals surface area contributed by atoms with Crippen LogP contribution in [-0.2, 0) is 16.6 Å². The van der Waals surface area contributed by atoms with Crippen LogP contribution in [0.1, 0.15) is 5.56 Å². The van der Waals surface area contributed by atoms with E-state index in [-0.39, 0.29) is 21.5 Å². The number of benzene rings is 1. The zero-order valence-electron chi connectivity index (χ0n) is 9.91. The predicted octanol–water partition coefficient (Wildman–Crippen LogP) is 2.34. The Hall–Kier alpha value is -0.470. The molecule has 1 aromatic carbocycles. The van der Waals surface area contributed by atoms with Crippen LogP contribution in [0.5, 0.6) is 0 Å². The minimum absolute atomic E-state index is 0.0134. The molecule has 0 amide bonds. The lowest BCUT2D eigenvalue weighted by Gasteiger charge is -2.18. The summed E-state index contributed by atoms with van der Waals surface area (Å²) in [5.41, 5.74) is 5.75. The predicted molar refractivity (Wildman–Crippen MR) is 70.2 cm³/mol. The van der Waals surface area contributed by atoms with Crippen LogP contribution in [0, 0.1) is 0 Å². The highest BCUT2D eigenvalue weighted by Gasteiger charge is 2.27. The van der Waals surface area contributed by atoms with Crippen molar-refractivity contribution in [1.82, 2.24) is 4.31 Å². The van der Waals surface area contributed by atoms with Gasteiger partial charge in [-0.3, -0.25) is 0 Å². The van der Waals surface area contributed by atoms with Crippen LogP contribution in [0.4, 0.5) is 8.78 Å². The molecular weight excluding hydrogens is 321 g/mol. The van der Waals surface area contributed by atoms with Crippen molar-refractivity contribution in [2.45, 2.75) is 17.9 Å². The fourth-order valence-electron chi connectivity index (χ4n) is 1.41. The molecule has 0 saturated carbocycles. The van der Waals surface area contributed by atoms with Gasteiger partial charge in [0.25, 0.3) is 6.43 Å². The minimum atomic E-state index is -4.14. The number of halogens is 4. The van der Waals surface area contributed by atoms with Crippen molar-refractivity contribution in [1.29, 1.82) is 0 Å². The first kappa shape index (κ1) is 16.6. The van der Waals surface area contributed by atoms with Crippen molar-refractivity contribution in [3.63, 3.8) is 0 Å². The van der Waals surface area contributed by atoms with E-state index in [1.807, 2.05) is 0 Å². The third-order valence-electron chi connectivity index (χ3n) is 2.38. The molecule has 0 saturated heterocycles. The normalized spacial score (nSPS) is 12.4. The number of sulfonamides is 1. The number of nitrogens with two attached hydrogens (primary N) is 1. The standard InChI is InChI=1S/C10H12Cl2F2N2O2S/c1-16(5-9(13)14)19(17,18)8-3-7(11)2-6(4-15)10(8)12/h2-3,9H,4-5,15H2,1H3. The second-order valence-electron chi connectivity index (χ2n) is 3.76. The summed E-state index contributed by atoms with van der Waals surface area (Å²) >= 11 is 11.7. The Kier molecular flexibility index (Phi) is 5.52. The van der Waals surface area contributed by atoms with E-state index in [0.717, 1.165) is 13.1 Å². The molecule has 1 rings (SSSR count). The van der Waals surface area contributed by atoms with E-state index in [2.05, 4.69) is 0 Å². The molecule has 0 spiro atoms. The molecule has 1 aromatic rings. The maximum absolute atomic E-state index is 12.3. The van der Waals surface area contributed by atoms with Crippen molar-refractivity contribution in [2.75, 3.05) is 13.6 Å². The van der Waals surface area contributed by atoms with Gasteiger partial charge in [0.05, 0.1) is 11.6 Å². The smallest absolute Gasteiger partial charge is 0.252 e. The third-order valence-corrected chi connectivity index (χ3v) is 5.01. The number of alkyl halides is 2. The summed E-state index contributed by atoms with van der Waals surface area (Å²) in [6.45, 7) is -0.941. The lowest BCUT2D eigenvalue weighted by atomic mass is 10.2. The molecule has 0 atom stereocenters. The number of rotatable bonds is 5. The molecule has 19 heavy (non-hydrogen) atoms. The topological polar surface area (TPSA) is 63.4 Å². The fraction of sp³-hybridized carbons (Fsp3) is 0.400. The second-order valence-corrected chi connectivity index (χ2v) is 6.59. The Balaban J connectivity index is 3.32.